The second-order valence-electron chi connectivity index (χ2n) is 5.92. The highest BCUT2D eigenvalue weighted by Crippen LogP contribution is 2.20. The van der Waals surface area contributed by atoms with Gasteiger partial charge in [0, 0.05) is 35.8 Å². The molecule has 1 aromatic carbocycles. The van der Waals surface area contributed by atoms with Gasteiger partial charge in [-0.2, -0.15) is 0 Å². The lowest BCUT2D eigenvalue weighted by atomic mass is 10.1. The predicted octanol–water partition coefficient (Wildman–Crippen LogP) is 4.26. The van der Waals surface area contributed by atoms with E-state index in [9.17, 15) is 9.18 Å². The summed E-state index contributed by atoms with van der Waals surface area (Å²) in [5.41, 5.74) is 0.406. The number of carbonyl (C=O) groups is 1. The third-order valence-corrected chi connectivity index (χ3v) is 4.37. The van der Waals surface area contributed by atoms with Gasteiger partial charge in [0.2, 0.25) is 0 Å². The van der Waals surface area contributed by atoms with Gasteiger partial charge in [0.1, 0.15) is 18.3 Å². The first-order valence-electron chi connectivity index (χ1n) is 7.88. The number of allylic oxidation sites excluding steroid dienone is 1. The molecule has 0 radical (unpaired) electrons. The highest BCUT2D eigenvalue weighted by molar-refractivity contribution is 6.40. The first-order chi connectivity index (χ1) is 12.3. The van der Waals surface area contributed by atoms with Crippen LogP contribution in [0.25, 0.3) is 0 Å². The van der Waals surface area contributed by atoms with Gasteiger partial charge in [0.05, 0.1) is 10.1 Å². The number of halogens is 4. The van der Waals surface area contributed by atoms with Crippen molar-refractivity contribution >= 4 is 52.9 Å². The van der Waals surface area contributed by atoms with Crippen molar-refractivity contribution in [1.29, 1.82) is 0 Å². The normalized spacial score (nSPS) is 16.3. The predicted molar refractivity (Wildman–Crippen MR) is 104 cm³/mol. The maximum atomic E-state index is 13.1. The van der Waals surface area contributed by atoms with Crippen LogP contribution in [0.4, 0.5) is 14.9 Å². The third kappa shape index (κ3) is 5.93. The van der Waals surface area contributed by atoms with Gasteiger partial charge >= 0.3 is 6.03 Å². The molecule has 1 aliphatic heterocycles. The number of rotatable bonds is 6. The molecule has 0 fully saturated rings. The van der Waals surface area contributed by atoms with Crippen LogP contribution in [0.2, 0.25) is 5.02 Å². The molecular formula is C16H19Cl3FN5O. The van der Waals surface area contributed by atoms with E-state index >= 15 is 0 Å². The summed E-state index contributed by atoms with van der Waals surface area (Å²) in [5.74, 6) is 0.0355. The highest BCUT2D eigenvalue weighted by atomic mass is 35.5. The Kier molecular flexibility index (Phi) is 7.37. The number of hydrogen-bond donors (Lipinski definition) is 3. The number of nitrogens with one attached hydrogen (secondary N) is 3. The molecule has 1 heterocycles. The molecule has 3 N–H and O–H groups in total. The van der Waals surface area contributed by atoms with Crippen molar-refractivity contribution in [2.45, 2.75) is 32.4 Å². The Labute approximate surface area is 166 Å². The van der Waals surface area contributed by atoms with Crippen molar-refractivity contribution in [2.75, 3.05) is 12.0 Å². The summed E-state index contributed by atoms with van der Waals surface area (Å²) in [6.45, 7) is 4.12. The minimum atomic E-state index is -0.542. The number of aliphatic imine (C=N–C) groups is 1. The van der Waals surface area contributed by atoms with E-state index in [1.165, 1.54) is 22.6 Å². The molecule has 0 saturated carbocycles. The van der Waals surface area contributed by atoms with Crippen molar-refractivity contribution in [1.82, 2.24) is 15.1 Å². The minimum absolute atomic E-state index is 0.0120. The topological polar surface area (TPSA) is 68.8 Å². The maximum absolute atomic E-state index is 13.1. The lowest BCUT2D eigenvalue weighted by molar-refractivity contribution is 0.247. The van der Waals surface area contributed by atoms with Crippen LogP contribution in [0.15, 0.2) is 34.0 Å². The van der Waals surface area contributed by atoms with Crippen LogP contribution in [-0.4, -0.2) is 35.4 Å². The number of amides is 2. The molecule has 2 atom stereocenters. The van der Waals surface area contributed by atoms with Crippen molar-refractivity contribution < 1.29 is 9.18 Å². The number of urea groups is 1. The SMILES string of the molecule is C[C@H](C[C@@H](C)NC1=C(Cl)C=NCN1Cl)NC(=O)Nc1ccc(F)c(Cl)c1. The van der Waals surface area contributed by atoms with Gasteiger partial charge in [0.15, 0.2) is 0 Å². The van der Waals surface area contributed by atoms with Gasteiger partial charge in [-0.1, -0.05) is 23.2 Å². The Morgan fingerprint density at radius 2 is 2.08 bits per heavy atom. The van der Waals surface area contributed by atoms with Crippen LogP contribution in [0, 0.1) is 5.82 Å². The van der Waals surface area contributed by atoms with Gasteiger partial charge in [-0.25, -0.2) is 13.6 Å². The molecule has 0 saturated heterocycles. The highest BCUT2D eigenvalue weighted by Gasteiger charge is 2.18. The summed E-state index contributed by atoms with van der Waals surface area (Å²) in [7, 11) is 0. The van der Waals surface area contributed by atoms with Gasteiger partial charge in [0.25, 0.3) is 0 Å². The second-order valence-corrected chi connectivity index (χ2v) is 7.14. The summed E-state index contributed by atoms with van der Waals surface area (Å²) in [5, 5.41) is 8.99. The summed E-state index contributed by atoms with van der Waals surface area (Å²) in [6.07, 6.45) is 2.16. The first kappa shape index (κ1) is 20.6. The lowest BCUT2D eigenvalue weighted by Gasteiger charge is -2.27. The summed E-state index contributed by atoms with van der Waals surface area (Å²) in [6, 6.07) is 3.41. The van der Waals surface area contributed by atoms with Crippen LogP contribution in [-0.2, 0) is 0 Å². The Bertz CT molecular complexity index is 728. The van der Waals surface area contributed by atoms with E-state index < -0.39 is 11.8 Å². The fraction of sp³-hybridized carbons (Fsp3) is 0.375. The quantitative estimate of drug-likeness (QED) is 0.600. The number of carbonyl (C=O) groups excluding carboxylic acids is 1. The average molecular weight is 423 g/mol. The number of anilines is 1. The molecule has 142 valence electrons. The van der Waals surface area contributed by atoms with E-state index in [1.807, 2.05) is 13.8 Å². The molecule has 10 heteroatoms. The van der Waals surface area contributed by atoms with Crippen LogP contribution in [0.1, 0.15) is 20.3 Å². The van der Waals surface area contributed by atoms with Crippen LogP contribution in [0.5, 0.6) is 0 Å². The minimum Gasteiger partial charge on any atom is -0.367 e. The molecule has 6 nitrogen and oxygen atoms in total. The zero-order chi connectivity index (χ0) is 19.3. The fourth-order valence-corrected chi connectivity index (χ4v) is 3.08. The maximum Gasteiger partial charge on any atom is 0.319 e. The number of nitrogens with zero attached hydrogens (tertiary/aromatic N) is 2. The van der Waals surface area contributed by atoms with Crippen LogP contribution < -0.4 is 16.0 Å². The van der Waals surface area contributed by atoms with Crippen molar-refractivity contribution in [3.63, 3.8) is 0 Å². The van der Waals surface area contributed by atoms with Gasteiger partial charge in [-0.05, 0) is 38.5 Å². The second kappa shape index (κ2) is 9.30. The fourth-order valence-electron chi connectivity index (χ4n) is 2.43. The van der Waals surface area contributed by atoms with Gasteiger partial charge in [-0.3, -0.25) is 4.99 Å². The zero-order valence-corrected chi connectivity index (χ0v) is 16.5. The standard InChI is InChI=1S/C16H19Cl3FN5O/c1-9(22-15-13(18)7-21-8-25(15)19)5-10(2)23-16(26)24-11-3-4-14(20)12(17)6-11/h3-4,6-7,9-10,22H,5,8H2,1-2H3,(H2,23,24,26)/t9-,10-/m1/s1. The van der Waals surface area contributed by atoms with E-state index in [0.29, 0.717) is 29.6 Å². The molecule has 1 aliphatic rings. The van der Waals surface area contributed by atoms with E-state index in [1.54, 1.807) is 6.21 Å². The van der Waals surface area contributed by atoms with Crippen molar-refractivity contribution in [2.24, 2.45) is 4.99 Å². The molecule has 26 heavy (non-hydrogen) atoms. The smallest absolute Gasteiger partial charge is 0.319 e. The molecule has 0 spiro atoms. The molecule has 0 aromatic heterocycles. The van der Waals surface area contributed by atoms with Crippen LogP contribution in [0.3, 0.4) is 0 Å². The first-order valence-corrected chi connectivity index (χ1v) is 8.97. The summed E-state index contributed by atoms with van der Waals surface area (Å²) < 4.78 is 14.5. The van der Waals surface area contributed by atoms with Crippen molar-refractivity contribution in [3.8, 4) is 0 Å². The van der Waals surface area contributed by atoms with Gasteiger partial charge in [-0.15, -0.1) is 0 Å². The summed E-state index contributed by atoms with van der Waals surface area (Å²) >= 11 is 17.8. The molecule has 0 aliphatic carbocycles. The monoisotopic (exact) mass is 421 g/mol. The van der Waals surface area contributed by atoms with E-state index in [2.05, 4.69) is 20.9 Å². The average Bonchev–Trinajstić information content (AvgIpc) is 2.54. The molecule has 1 aromatic rings. The van der Waals surface area contributed by atoms with E-state index in [-0.39, 0.29) is 17.1 Å². The Balaban J connectivity index is 1.83. The number of benzene rings is 1. The van der Waals surface area contributed by atoms with Crippen molar-refractivity contribution in [3.05, 3.63) is 39.9 Å². The number of hydrogen-bond acceptors (Lipinski definition) is 4. The van der Waals surface area contributed by atoms with Crippen LogP contribution >= 0.6 is 35.0 Å². The molecule has 0 bridgehead atoms. The molecular weight excluding hydrogens is 404 g/mol. The van der Waals surface area contributed by atoms with Gasteiger partial charge < -0.3 is 16.0 Å². The molecule has 2 rings (SSSR count). The Hall–Kier alpha value is -1.70. The molecule has 0 unspecified atom stereocenters. The summed E-state index contributed by atoms with van der Waals surface area (Å²) in [4.78, 5) is 16.0. The van der Waals surface area contributed by atoms with E-state index in [0.717, 1.165) is 0 Å². The largest absolute Gasteiger partial charge is 0.367 e. The third-order valence-electron chi connectivity index (χ3n) is 3.52. The Morgan fingerprint density at radius 1 is 1.35 bits per heavy atom. The lowest BCUT2D eigenvalue weighted by Crippen LogP contribution is -2.42. The molecule has 2 amide bonds. The zero-order valence-electron chi connectivity index (χ0n) is 14.2. The van der Waals surface area contributed by atoms with E-state index in [4.69, 9.17) is 35.0 Å². The Morgan fingerprint density at radius 3 is 2.73 bits per heavy atom.